The zero-order valence-corrected chi connectivity index (χ0v) is 13.9. The predicted octanol–water partition coefficient (Wildman–Crippen LogP) is 2.90. The van der Waals surface area contributed by atoms with Crippen molar-refractivity contribution in [2.75, 3.05) is 37.8 Å². The summed E-state index contributed by atoms with van der Waals surface area (Å²) in [6.07, 6.45) is 1.02. The monoisotopic (exact) mass is 317 g/mol. The van der Waals surface area contributed by atoms with Gasteiger partial charge >= 0.3 is 0 Å². The van der Waals surface area contributed by atoms with E-state index in [1.165, 1.54) is 6.07 Å². The van der Waals surface area contributed by atoms with Gasteiger partial charge in [0.1, 0.15) is 11.6 Å². The Morgan fingerprint density at radius 1 is 1.13 bits per heavy atom. The van der Waals surface area contributed by atoms with Crippen molar-refractivity contribution in [3.63, 3.8) is 0 Å². The summed E-state index contributed by atoms with van der Waals surface area (Å²) in [6.45, 7) is 4.13. The maximum Gasteiger partial charge on any atom is 0.224 e. The van der Waals surface area contributed by atoms with Gasteiger partial charge in [-0.2, -0.15) is 4.98 Å². The Kier molecular flexibility index (Phi) is 6.29. The Balaban J connectivity index is 1.93. The Hall–Kier alpha value is -2.21. The molecule has 1 heterocycles. The van der Waals surface area contributed by atoms with E-state index in [0.29, 0.717) is 23.9 Å². The number of halogens is 1. The van der Waals surface area contributed by atoms with Crippen LogP contribution in [0.15, 0.2) is 30.3 Å². The highest BCUT2D eigenvalue weighted by Crippen LogP contribution is 2.13. The summed E-state index contributed by atoms with van der Waals surface area (Å²) in [5.41, 5.74) is 1.48. The molecule has 0 aliphatic carbocycles. The van der Waals surface area contributed by atoms with E-state index in [1.54, 1.807) is 12.1 Å². The Morgan fingerprint density at radius 3 is 2.65 bits per heavy atom. The summed E-state index contributed by atoms with van der Waals surface area (Å²) in [7, 11) is 4.10. The van der Waals surface area contributed by atoms with Crippen LogP contribution in [-0.2, 0) is 6.54 Å². The van der Waals surface area contributed by atoms with Crippen molar-refractivity contribution >= 4 is 11.8 Å². The SMILES string of the molecule is Cc1cc(NCc2ccccc2F)nc(NCCCN(C)C)n1. The summed E-state index contributed by atoms with van der Waals surface area (Å²) in [6, 6.07) is 8.58. The van der Waals surface area contributed by atoms with Crippen molar-refractivity contribution in [3.05, 3.63) is 47.4 Å². The molecule has 1 aromatic carbocycles. The van der Waals surface area contributed by atoms with E-state index in [0.717, 1.165) is 25.2 Å². The summed E-state index contributed by atoms with van der Waals surface area (Å²) in [4.78, 5) is 10.9. The van der Waals surface area contributed by atoms with Crippen LogP contribution in [0, 0.1) is 12.7 Å². The number of aryl methyl sites for hydroxylation is 1. The topological polar surface area (TPSA) is 53.1 Å². The third kappa shape index (κ3) is 5.83. The van der Waals surface area contributed by atoms with Gasteiger partial charge in [0.2, 0.25) is 5.95 Å². The molecule has 0 spiro atoms. The zero-order chi connectivity index (χ0) is 16.7. The fourth-order valence-corrected chi connectivity index (χ4v) is 2.16. The summed E-state index contributed by atoms with van der Waals surface area (Å²) < 4.78 is 13.6. The third-order valence-corrected chi connectivity index (χ3v) is 3.34. The van der Waals surface area contributed by atoms with Crippen LogP contribution in [0.4, 0.5) is 16.2 Å². The van der Waals surface area contributed by atoms with Crippen molar-refractivity contribution in [2.45, 2.75) is 19.9 Å². The maximum absolute atomic E-state index is 13.6. The average Bonchev–Trinajstić information content (AvgIpc) is 2.50. The number of benzene rings is 1. The average molecular weight is 317 g/mol. The van der Waals surface area contributed by atoms with Gasteiger partial charge in [-0.15, -0.1) is 0 Å². The van der Waals surface area contributed by atoms with Crippen molar-refractivity contribution in [2.24, 2.45) is 0 Å². The molecule has 23 heavy (non-hydrogen) atoms. The van der Waals surface area contributed by atoms with Crippen molar-refractivity contribution in [1.29, 1.82) is 0 Å². The summed E-state index contributed by atoms with van der Waals surface area (Å²) in [5, 5.41) is 6.38. The molecule has 124 valence electrons. The normalized spacial score (nSPS) is 10.8. The Morgan fingerprint density at radius 2 is 1.91 bits per heavy atom. The highest BCUT2D eigenvalue weighted by atomic mass is 19.1. The smallest absolute Gasteiger partial charge is 0.224 e. The first-order valence-corrected chi connectivity index (χ1v) is 7.76. The Labute approximate surface area is 137 Å². The van der Waals surface area contributed by atoms with E-state index in [1.807, 2.05) is 33.2 Å². The van der Waals surface area contributed by atoms with E-state index >= 15 is 0 Å². The largest absolute Gasteiger partial charge is 0.366 e. The van der Waals surface area contributed by atoms with Crippen molar-refractivity contribution in [1.82, 2.24) is 14.9 Å². The van der Waals surface area contributed by atoms with Crippen LogP contribution in [0.1, 0.15) is 17.7 Å². The van der Waals surface area contributed by atoms with Crippen LogP contribution in [0.2, 0.25) is 0 Å². The molecule has 0 radical (unpaired) electrons. The van der Waals surface area contributed by atoms with E-state index in [-0.39, 0.29) is 5.82 Å². The molecule has 0 aliphatic heterocycles. The fraction of sp³-hybridized carbons (Fsp3) is 0.412. The second kappa shape index (κ2) is 8.43. The number of rotatable bonds is 8. The maximum atomic E-state index is 13.6. The second-order valence-electron chi connectivity index (χ2n) is 5.75. The molecule has 1 aromatic heterocycles. The lowest BCUT2D eigenvalue weighted by atomic mass is 10.2. The molecule has 2 aromatic rings. The number of nitrogens with zero attached hydrogens (tertiary/aromatic N) is 3. The van der Waals surface area contributed by atoms with Crippen LogP contribution in [0.5, 0.6) is 0 Å². The van der Waals surface area contributed by atoms with Gasteiger partial charge in [-0.05, 0) is 40.1 Å². The first-order chi connectivity index (χ1) is 11.0. The molecule has 0 atom stereocenters. The molecule has 0 saturated heterocycles. The van der Waals surface area contributed by atoms with E-state index in [9.17, 15) is 4.39 Å². The molecule has 0 aliphatic rings. The molecule has 6 heteroatoms. The van der Waals surface area contributed by atoms with E-state index < -0.39 is 0 Å². The molecular formula is C17H24FN5. The molecule has 2 rings (SSSR count). The van der Waals surface area contributed by atoms with Gasteiger partial charge in [0.15, 0.2) is 0 Å². The number of anilines is 2. The lowest BCUT2D eigenvalue weighted by Gasteiger charge is -2.12. The summed E-state index contributed by atoms with van der Waals surface area (Å²) in [5.74, 6) is 1.07. The molecular weight excluding hydrogens is 293 g/mol. The van der Waals surface area contributed by atoms with Gasteiger partial charge in [-0.1, -0.05) is 18.2 Å². The van der Waals surface area contributed by atoms with Gasteiger partial charge in [-0.25, -0.2) is 9.37 Å². The standard InChI is InChI=1S/C17H24FN5/c1-13-11-16(20-12-14-7-4-5-8-15(14)18)22-17(21-13)19-9-6-10-23(2)3/h4-5,7-8,11H,6,9-10,12H2,1-3H3,(H2,19,20,21,22). The van der Waals surface area contributed by atoms with Crippen molar-refractivity contribution in [3.8, 4) is 0 Å². The number of nitrogens with one attached hydrogen (secondary N) is 2. The lowest BCUT2D eigenvalue weighted by molar-refractivity contribution is 0.405. The summed E-state index contributed by atoms with van der Waals surface area (Å²) >= 11 is 0. The van der Waals surface area contributed by atoms with Gasteiger partial charge < -0.3 is 15.5 Å². The van der Waals surface area contributed by atoms with Gasteiger partial charge in [0.05, 0.1) is 0 Å². The molecule has 0 unspecified atom stereocenters. The van der Waals surface area contributed by atoms with Crippen LogP contribution in [0.3, 0.4) is 0 Å². The Bertz CT molecular complexity index is 630. The predicted molar refractivity (Wildman–Crippen MR) is 92.2 cm³/mol. The molecule has 0 bridgehead atoms. The molecule has 0 saturated carbocycles. The number of hydrogen-bond donors (Lipinski definition) is 2. The molecule has 0 amide bonds. The number of hydrogen-bond acceptors (Lipinski definition) is 5. The van der Waals surface area contributed by atoms with E-state index in [4.69, 9.17) is 0 Å². The first-order valence-electron chi connectivity index (χ1n) is 7.76. The first kappa shape index (κ1) is 17.1. The second-order valence-corrected chi connectivity index (χ2v) is 5.75. The third-order valence-electron chi connectivity index (χ3n) is 3.34. The van der Waals surface area contributed by atoms with Gasteiger partial charge in [0, 0.05) is 30.4 Å². The minimum atomic E-state index is -0.215. The molecule has 5 nitrogen and oxygen atoms in total. The van der Waals surface area contributed by atoms with Crippen LogP contribution >= 0.6 is 0 Å². The zero-order valence-electron chi connectivity index (χ0n) is 13.9. The lowest BCUT2D eigenvalue weighted by Crippen LogP contribution is -2.17. The van der Waals surface area contributed by atoms with E-state index in [2.05, 4.69) is 25.5 Å². The fourth-order valence-electron chi connectivity index (χ4n) is 2.16. The van der Waals surface area contributed by atoms with Crippen LogP contribution in [0.25, 0.3) is 0 Å². The van der Waals surface area contributed by atoms with Gasteiger partial charge in [0.25, 0.3) is 0 Å². The minimum absolute atomic E-state index is 0.215. The highest BCUT2D eigenvalue weighted by Gasteiger charge is 2.04. The van der Waals surface area contributed by atoms with Crippen molar-refractivity contribution < 1.29 is 4.39 Å². The quantitative estimate of drug-likeness (QED) is 0.733. The molecule has 2 N–H and O–H groups in total. The van der Waals surface area contributed by atoms with Crippen LogP contribution in [-0.4, -0.2) is 42.1 Å². The minimum Gasteiger partial charge on any atom is -0.366 e. The van der Waals surface area contributed by atoms with Gasteiger partial charge in [-0.3, -0.25) is 0 Å². The van der Waals surface area contributed by atoms with Crippen LogP contribution < -0.4 is 10.6 Å². The molecule has 0 fully saturated rings. The highest BCUT2D eigenvalue weighted by molar-refractivity contribution is 5.42. The number of aromatic nitrogens is 2.